The molecule has 0 spiro atoms. The Bertz CT molecular complexity index is 611. The summed E-state index contributed by atoms with van der Waals surface area (Å²) < 4.78 is 1.88. The predicted octanol–water partition coefficient (Wildman–Crippen LogP) is 3.34. The van der Waals surface area contributed by atoms with Gasteiger partial charge in [-0.3, -0.25) is 0 Å². The monoisotopic (exact) mass is 301 g/mol. The SMILES string of the molecule is CCc1cc(N2CCC(CCC(C)C)CC2)n2ncnc2n1. The molecule has 0 saturated carbocycles. The number of fused-ring (bicyclic) bond motifs is 1. The van der Waals surface area contributed by atoms with E-state index in [1.165, 1.54) is 25.7 Å². The van der Waals surface area contributed by atoms with Gasteiger partial charge in [-0.25, -0.2) is 4.98 Å². The lowest BCUT2D eigenvalue weighted by atomic mass is 9.89. The lowest BCUT2D eigenvalue weighted by Gasteiger charge is -2.33. The lowest BCUT2D eigenvalue weighted by molar-refractivity contribution is 0.350. The maximum absolute atomic E-state index is 4.54. The Balaban J connectivity index is 1.72. The van der Waals surface area contributed by atoms with Crippen molar-refractivity contribution in [2.75, 3.05) is 18.0 Å². The quantitative estimate of drug-likeness (QED) is 0.849. The molecule has 1 fully saturated rings. The number of hydrogen-bond acceptors (Lipinski definition) is 4. The first-order chi connectivity index (χ1) is 10.7. The van der Waals surface area contributed by atoms with Gasteiger partial charge >= 0.3 is 0 Å². The summed E-state index contributed by atoms with van der Waals surface area (Å²) >= 11 is 0. The first-order valence-corrected chi connectivity index (χ1v) is 8.62. The van der Waals surface area contributed by atoms with Gasteiger partial charge in [-0.2, -0.15) is 14.6 Å². The molecule has 120 valence electrons. The van der Waals surface area contributed by atoms with Gasteiger partial charge in [0.25, 0.3) is 5.78 Å². The van der Waals surface area contributed by atoms with Gasteiger partial charge in [0.2, 0.25) is 0 Å². The summed E-state index contributed by atoms with van der Waals surface area (Å²) in [6, 6.07) is 2.18. The van der Waals surface area contributed by atoms with Crippen LogP contribution in [0.15, 0.2) is 12.4 Å². The van der Waals surface area contributed by atoms with Crippen LogP contribution in [0.4, 0.5) is 5.82 Å². The average Bonchev–Trinajstić information content (AvgIpc) is 3.00. The molecule has 0 amide bonds. The summed E-state index contributed by atoms with van der Waals surface area (Å²) in [7, 11) is 0. The molecule has 2 aromatic heterocycles. The Morgan fingerprint density at radius 3 is 2.73 bits per heavy atom. The van der Waals surface area contributed by atoms with E-state index >= 15 is 0 Å². The molecule has 0 bridgehead atoms. The summed E-state index contributed by atoms with van der Waals surface area (Å²) in [4.78, 5) is 11.2. The Morgan fingerprint density at radius 2 is 2.05 bits per heavy atom. The van der Waals surface area contributed by atoms with Crippen molar-refractivity contribution in [1.29, 1.82) is 0 Å². The van der Waals surface area contributed by atoms with E-state index in [-0.39, 0.29) is 0 Å². The topological polar surface area (TPSA) is 46.3 Å². The Morgan fingerprint density at radius 1 is 1.27 bits per heavy atom. The number of piperidine rings is 1. The fourth-order valence-corrected chi connectivity index (χ4v) is 3.27. The van der Waals surface area contributed by atoms with E-state index in [9.17, 15) is 0 Å². The van der Waals surface area contributed by atoms with Crippen LogP contribution in [-0.4, -0.2) is 32.7 Å². The molecule has 1 aliphatic rings. The van der Waals surface area contributed by atoms with Gasteiger partial charge in [0.1, 0.15) is 12.1 Å². The van der Waals surface area contributed by atoms with Crippen molar-refractivity contribution in [3.63, 3.8) is 0 Å². The molecule has 2 aromatic rings. The van der Waals surface area contributed by atoms with Crippen molar-refractivity contribution in [3.05, 3.63) is 18.1 Å². The summed E-state index contributed by atoms with van der Waals surface area (Å²) in [5, 5.41) is 4.35. The fourth-order valence-electron chi connectivity index (χ4n) is 3.27. The van der Waals surface area contributed by atoms with Crippen LogP contribution in [0.3, 0.4) is 0 Å². The van der Waals surface area contributed by atoms with Gasteiger partial charge in [0.15, 0.2) is 0 Å². The zero-order valence-electron chi connectivity index (χ0n) is 14.0. The summed E-state index contributed by atoms with van der Waals surface area (Å²) in [5.74, 6) is 3.58. The maximum atomic E-state index is 4.54. The van der Waals surface area contributed by atoms with Gasteiger partial charge in [-0.05, 0) is 31.1 Å². The molecule has 0 N–H and O–H groups in total. The summed E-state index contributed by atoms with van der Waals surface area (Å²) in [5.41, 5.74) is 1.09. The van der Waals surface area contributed by atoms with Gasteiger partial charge in [0.05, 0.1) is 0 Å². The van der Waals surface area contributed by atoms with Crippen molar-refractivity contribution >= 4 is 11.6 Å². The van der Waals surface area contributed by atoms with Crippen LogP contribution in [0, 0.1) is 11.8 Å². The molecule has 22 heavy (non-hydrogen) atoms. The van der Waals surface area contributed by atoms with Gasteiger partial charge in [-0.1, -0.05) is 33.6 Å². The van der Waals surface area contributed by atoms with Gasteiger partial charge < -0.3 is 4.90 Å². The second-order valence-corrected chi connectivity index (χ2v) is 6.83. The van der Waals surface area contributed by atoms with Crippen LogP contribution in [0.1, 0.15) is 52.1 Å². The van der Waals surface area contributed by atoms with E-state index < -0.39 is 0 Å². The minimum Gasteiger partial charge on any atom is -0.356 e. The number of hydrogen-bond donors (Lipinski definition) is 0. The molecule has 0 radical (unpaired) electrons. The summed E-state index contributed by atoms with van der Waals surface area (Å²) in [6.45, 7) is 9.01. The highest BCUT2D eigenvalue weighted by atomic mass is 15.4. The molecule has 3 rings (SSSR count). The third-order valence-corrected chi connectivity index (χ3v) is 4.74. The summed E-state index contributed by atoms with van der Waals surface area (Å²) in [6.07, 6.45) is 7.83. The molecule has 0 aliphatic carbocycles. The fraction of sp³-hybridized carbons (Fsp3) is 0.706. The molecule has 0 atom stereocenters. The normalized spacial score (nSPS) is 16.8. The van der Waals surface area contributed by atoms with Crippen LogP contribution < -0.4 is 4.90 Å². The van der Waals surface area contributed by atoms with Crippen molar-refractivity contribution in [3.8, 4) is 0 Å². The van der Waals surface area contributed by atoms with Crippen LogP contribution in [0.2, 0.25) is 0 Å². The zero-order chi connectivity index (χ0) is 15.5. The van der Waals surface area contributed by atoms with Crippen LogP contribution in [-0.2, 0) is 6.42 Å². The molecule has 1 saturated heterocycles. The average molecular weight is 301 g/mol. The number of nitrogens with zero attached hydrogens (tertiary/aromatic N) is 5. The number of aryl methyl sites for hydroxylation is 1. The molecule has 5 nitrogen and oxygen atoms in total. The van der Waals surface area contributed by atoms with Crippen LogP contribution in [0.25, 0.3) is 5.78 Å². The first-order valence-electron chi connectivity index (χ1n) is 8.62. The molecule has 0 aromatic carbocycles. The smallest absolute Gasteiger partial charge is 0.254 e. The van der Waals surface area contributed by atoms with Crippen LogP contribution >= 0.6 is 0 Å². The largest absolute Gasteiger partial charge is 0.356 e. The van der Waals surface area contributed by atoms with Crippen molar-refractivity contribution in [1.82, 2.24) is 19.6 Å². The maximum Gasteiger partial charge on any atom is 0.254 e. The molecular weight excluding hydrogens is 274 g/mol. The number of anilines is 1. The van der Waals surface area contributed by atoms with Gasteiger partial charge in [-0.15, -0.1) is 0 Å². The molecule has 3 heterocycles. The van der Waals surface area contributed by atoms with E-state index in [2.05, 4.69) is 46.8 Å². The third-order valence-electron chi connectivity index (χ3n) is 4.74. The second-order valence-electron chi connectivity index (χ2n) is 6.83. The minimum absolute atomic E-state index is 0.719. The molecular formula is C17H27N5. The lowest BCUT2D eigenvalue weighted by Crippen LogP contribution is -2.35. The van der Waals surface area contributed by atoms with E-state index in [4.69, 9.17) is 0 Å². The Labute approximate surface area is 132 Å². The highest BCUT2D eigenvalue weighted by molar-refractivity contribution is 5.47. The van der Waals surface area contributed by atoms with E-state index in [0.29, 0.717) is 0 Å². The van der Waals surface area contributed by atoms with E-state index in [1.807, 2.05) is 4.52 Å². The first kappa shape index (κ1) is 15.3. The van der Waals surface area contributed by atoms with E-state index in [0.717, 1.165) is 48.6 Å². The minimum atomic E-state index is 0.719. The molecule has 0 unspecified atom stereocenters. The van der Waals surface area contributed by atoms with E-state index in [1.54, 1.807) is 6.33 Å². The van der Waals surface area contributed by atoms with Crippen LogP contribution in [0.5, 0.6) is 0 Å². The highest BCUT2D eigenvalue weighted by Gasteiger charge is 2.22. The molecule has 1 aliphatic heterocycles. The predicted molar refractivity (Wildman–Crippen MR) is 89.2 cm³/mol. The van der Waals surface area contributed by atoms with Crippen molar-refractivity contribution in [2.24, 2.45) is 11.8 Å². The zero-order valence-corrected chi connectivity index (χ0v) is 14.0. The Hall–Kier alpha value is -1.65. The number of rotatable bonds is 5. The molecule has 5 heteroatoms. The highest BCUT2D eigenvalue weighted by Crippen LogP contribution is 2.27. The number of aromatic nitrogens is 4. The standard InChI is InChI=1S/C17H27N5/c1-4-15-11-16(22-17(20-15)18-12-19-22)21-9-7-14(8-10-21)6-5-13(2)3/h11-14H,4-10H2,1-3H3. The van der Waals surface area contributed by atoms with Gasteiger partial charge in [0, 0.05) is 24.8 Å². The second kappa shape index (κ2) is 6.63. The van der Waals surface area contributed by atoms with Crippen molar-refractivity contribution in [2.45, 2.75) is 52.9 Å². The third kappa shape index (κ3) is 3.23. The van der Waals surface area contributed by atoms with Crippen molar-refractivity contribution < 1.29 is 0 Å². The Kier molecular flexibility index (Phi) is 4.60.